The average molecular weight is 408 g/mol. The standard InChI is InChI=1S/C20H23F3N4O2/c1-12(2)17(28)9-16-8-14(6-7-24-16)19(29)27-13(3)15-4-5-18(25-10-15)26-11-20(21,22)23/h4-8,10,12-13H,9,11H2,1-3H3,(H,25,26)(H,27,29). The molecule has 1 unspecified atom stereocenters. The third-order valence-corrected chi connectivity index (χ3v) is 4.18. The van der Waals surface area contributed by atoms with Crippen LogP contribution in [0.3, 0.4) is 0 Å². The number of aromatic nitrogens is 2. The number of nitrogens with zero attached hydrogens (tertiary/aromatic N) is 2. The number of amides is 1. The maximum atomic E-state index is 12.5. The fourth-order valence-corrected chi connectivity index (χ4v) is 2.42. The van der Waals surface area contributed by atoms with Crippen LogP contribution in [0.25, 0.3) is 0 Å². The van der Waals surface area contributed by atoms with E-state index < -0.39 is 18.8 Å². The number of carbonyl (C=O) groups excluding carboxylic acids is 2. The van der Waals surface area contributed by atoms with Gasteiger partial charge in [-0.15, -0.1) is 0 Å². The lowest BCUT2D eigenvalue weighted by molar-refractivity contribution is -0.121. The Bertz CT molecular complexity index is 852. The lowest BCUT2D eigenvalue weighted by atomic mass is 10.0. The third kappa shape index (κ3) is 7.17. The number of carbonyl (C=O) groups is 2. The van der Waals surface area contributed by atoms with Crippen LogP contribution in [-0.4, -0.2) is 34.4 Å². The van der Waals surface area contributed by atoms with Crippen molar-refractivity contribution in [3.8, 4) is 0 Å². The van der Waals surface area contributed by atoms with Crippen LogP contribution in [0.5, 0.6) is 0 Å². The summed E-state index contributed by atoms with van der Waals surface area (Å²) in [6.07, 6.45) is -1.29. The smallest absolute Gasteiger partial charge is 0.361 e. The van der Waals surface area contributed by atoms with Crippen molar-refractivity contribution in [2.24, 2.45) is 5.92 Å². The molecule has 2 heterocycles. The number of halogens is 3. The van der Waals surface area contributed by atoms with Gasteiger partial charge in [0.1, 0.15) is 18.1 Å². The number of hydrogen-bond donors (Lipinski definition) is 2. The number of Topliss-reactive ketones (excluding diaryl/α,β-unsaturated/α-hetero) is 1. The number of hydrogen-bond acceptors (Lipinski definition) is 5. The summed E-state index contributed by atoms with van der Waals surface area (Å²) in [5.74, 6) is -0.334. The van der Waals surface area contributed by atoms with Gasteiger partial charge >= 0.3 is 6.18 Å². The van der Waals surface area contributed by atoms with Gasteiger partial charge in [0.15, 0.2) is 0 Å². The van der Waals surface area contributed by atoms with Gasteiger partial charge in [0, 0.05) is 36.0 Å². The first kappa shape index (κ1) is 22.3. The van der Waals surface area contributed by atoms with Crippen molar-refractivity contribution < 1.29 is 22.8 Å². The maximum absolute atomic E-state index is 12.5. The summed E-state index contributed by atoms with van der Waals surface area (Å²) in [5, 5.41) is 4.99. The first-order chi connectivity index (χ1) is 13.5. The quantitative estimate of drug-likeness (QED) is 0.696. The molecule has 2 rings (SSSR count). The summed E-state index contributed by atoms with van der Waals surface area (Å²) in [7, 11) is 0. The molecule has 0 radical (unpaired) electrons. The summed E-state index contributed by atoms with van der Waals surface area (Å²) in [4.78, 5) is 32.4. The molecule has 2 N–H and O–H groups in total. The van der Waals surface area contributed by atoms with Gasteiger partial charge in [-0.25, -0.2) is 4.98 Å². The fraction of sp³-hybridized carbons (Fsp3) is 0.400. The first-order valence-corrected chi connectivity index (χ1v) is 9.10. The second kappa shape index (κ2) is 9.49. The van der Waals surface area contributed by atoms with E-state index >= 15 is 0 Å². The molecule has 0 saturated heterocycles. The Morgan fingerprint density at radius 1 is 1.10 bits per heavy atom. The van der Waals surface area contributed by atoms with E-state index in [0.717, 1.165) is 0 Å². The molecule has 0 saturated carbocycles. The van der Waals surface area contributed by atoms with Crippen LogP contribution < -0.4 is 10.6 Å². The predicted octanol–water partition coefficient (Wildman–Crippen LogP) is 3.71. The van der Waals surface area contributed by atoms with Gasteiger partial charge in [-0.05, 0) is 30.7 Å². The van der Waals surface area contributed by atoms with Gasteiger partial charge in [0.05, 0.1) is 6.04 Å². The maximum Gasteiger partial charge on any atom is 0.405 e. The highest BCUT2D eigenvalue weighted by molar-refractivity contribution is 5.94. The van der Waals surface area contributed by atoms with Crippen molar-refractivity contribution in [1.82, 2.24) is 15.3 Å². The van der Waals surface area contributed by atoms with Crippen LogP contribution in [0.2, 0.25) is 0 Å². The number of nitrogens with one attached hydrogen (secondary N) is 2. The molecular formula is C20H23F3N4O2. The Morgan fingerprint density at radius 3 is 2.41 bits per heavy atom. The normalized spacial score (nSPS) is 12.5. The zero-order chi connectivity index (χ0) is 21.6. The van der Waals surface area contributed by atoms with E-state index in [4.69, 9.17) is 0 Å². The van der Waals surface area contributed by atoms with Crippen molar-refractivity contribution in [1.29, 1.82) is 0 Å². The number of anilines is 1. The zero-order valence-electron chi connectivity index (χ0n) is 16.4. The van der Waals surface area contributed by atoms with Crippen molar-refractivity contribution in [3.05, 3.63) is 53.5 Å². The van der Waals surface area contributed by atoms with Crippen LogP contribution in [-0.2, 0) is 11.2 Å². The van der Waals surface area contributed by atoms with E-state index in [-0.39, 0.29) is 29.8 Å². The molecule has 6 nitrogen and oxygen atoms in total. The van der Waals surface area contributed by atoms with E-state index in [0.29, 0.717) is 16.8 Å². The molecule has 0 aliphatic rings. The first-order valence-electron chi connectivity index (χ1n) is 9.10. The van der Waals surface area contributed by atoms with E-state index in [9.17, 15) is 22.8 Å². The van der Waals surface area contributed by atoms with Crippen LogP contribution >= 0.6 is 0 Å². The van der Waals surface area contributed by atoms with Gasteiger partial charge in [-0.2, -0.15) is 13.2 Å². The summed E-state index contributed by atoms with van der Waals surface area (Å²) in [5.41, 5.74) is 1.53. The molecular weight excluding hydrogens is 385 g/mol. The van der Waals surface area contributed by atoms with Crippen LogP contribution in [0.1, 0.15) is 48.4 Å². The number of rotatable bonds is 8. The highest BCUT2D eigenvalue weighted by Crippen LogP contribution is 2.18. The molecule has 0 bridgehead atoms. The van der Waals surface area contributed by atoms with Gasteiger partial charge < -0.3 is 10.6 Å². The van der Waals surface area contributed by atoms with Crippen LogP contribution in [0, 0.1) is 5.92 Å². The highest BCUT2D eigenvalue weighted by atomic mass is 19.4. The minimum absolute atomic E-state index is 0.0359. The Balaban J connectivity index is 1.99. The number of pyridine rings is 2. The molecule has 156 valence electrons. The summed E-state index contributed by atoms with van der Waals surface area (Å²) < 4.78 is 36.7. The Morgan fingerprint density at radius 2 is 1.83 bits per heavy atom. The summed E-state index contributed by atoms with van der Waals surface area (Å²) in [6, 6.07) is 5.72. The molecule has 0 aliphatic heterocycles. The van der Waals surface area contributed by atoms with Gasteiger partial charge in [0.2, 0.25) is 0 Å². The Kier molecular flexibility index (Phi) is 7.30. The van der Waals surface area contributed by atoms with E-state index in [1.54, 1.807) is 39.0 Å². The minimum Gasteiger partial charge on any atom is -0.361 e. The molecule has 1 atom stereocenters. The minimum atomic E-state index is -4.33. The molecule has 2 aromatic heterocycles. The van der Waals surface area contributed by atoms with Crippen molar-refractivity contribution in [2.75, 3.05) is 11.9 Å². The molecule has 0 fully saturated rings. The van der Waals surface area contributed by atoms with Crippen molar-refractivity contribution in [3.63, 3.8) is 0 Å². The van der Waals surface area contributed by atoms with Crippen molar-refractivity contribution in [2.45, 2.75) is 39.4 Å². The number of ketones is 1. The van der Waals surface area contributed by atoms with Crippen LogP contribution in [0.4, 0.5) is 19.0 Å². The van der Waals surface area contributed by atoms with Gasteiger partial charge in [0.25, 0.3) is 5.91 Å². The SMILES string of the molecule is CC(C)C(=O)Cc1cc(C(=O)NC(C)c2ccc(NCC(F)(F)F)nc2)ccn1. The molecule has 9 heteroatoms. The summed E-state index contributed by atoms with van der Waals surface area (Å²) >= 11 is 0. The Labute approximate surface area is 166 Å². The molecule has 0 aromatic carbocycles. The van der Waals surface area contributed by atoms with Gasteiger partial charge in [-0.1, -0.05) is 19.9 Å². The monoisotopic (exact) mass is 408 g/mol. The molecule has 0 spiro atoms. The second-order valence-corrected chi connectivity index (χ2v) is 6.97. The lowest BCUT2D eigenvalue weighted by Gasteiger charge is -2.15. The third-order valence-electron chi connectivity index (χ3n) is 4.18. The van der Waals surface area contributed by atoms with Crippen molar-refractivity contribution >= 4 is 17.5 Å². The zero-order valence-corrected chi connectivity index (χ0v) is 16.4. The molecule has 2 aromatic rings. The average Bonchev–Trinajstić information content (AvgIpc) is 2.66. The second-order valence-electron chi connectivity index (χ2n) is 6.97. The molecule has 0 aliphatic carbocycles. The largest absolute Gasteiger partial charge is 0.405 e. The van der Waals surface area contributed by atoms with E-state index in [1.165, 1.54) is 18.5 Å². The topological polar surface area (TPSA) is 84.0 Å². The molecule has 1 amide bonds. The van der Waals surface area contributed by atoms with Gasteiger partial charge in [-0.3, -0.25) is 14.6 Å². The number of alkyl halides is 3. The molecule has 29 heavy (non-hydrogen) atoms. The summed E-state index contributed by atoms with van der Waals surface area (Å²) in [6.45, 7) is 4.18. The fourth-order valence-electron chi connectivity index (χ4n) is 2.42. The van der Waals surface area contributed by atoms with Crippen LogP contribution in [0.15, 0.2) is 36.7 Å². The lowest BCUT2D eigenvalue weighted by Crippen LogP contribution is -2.27. The highest BCUT2D eigenvalue weighted by Gasteiger charge is 2.26. The Hall–Kier alpha value is -2.97. The predicted molar refractivity (Wildman–Crippen MR) is 102 cm³/mol. The van der Waals surface area contributed by atoms with E-state index in [2.05, 4.69) is 20.6 Å². The van der Waals surface area contributed by atoms with E-state index in [1.807, 2.05) is 0 Å².